The zero-order chi connectivity index (χ0) is 14.3. The highest BCUT2D eigenvalue weighted by molar-refractivity contribution is 7.10. The first-order valence-corrected chi connectivity index (χ1v) is 7.27. The van der Waals surface area contributed by atoms with E-state index >= 15 is 0 Å². The molecule has 3 amide bonds. The van der Waals surface area contributed by atoms with Crippen molar-refractivity contribution in [3.63, 3.8) is 0 Å². The summed E-state index contributed by atoms with van der Waals surface area (Å²) in [6.07, 6.45) is 0. The Balaban J connectivity index is 2.01. The number of hydroxylamine groups is 2. The van der Waals surface area contributed by atoms with Crippen molar-refractivity contribution < 1.29 is 14.4 Å². The minimum atomic E-state index is -0.383. The number of carbonyl (C=O) groups is 2. The molecule has 1 atom stereocenters. The number of nitrogens with zero attached hydrogens (tertiary/aromatic N) is 2. The van der Waals surface area contributed by atoms with Crippen molar-refractivity contribution in [1.29, 1.82) is 0 Å². The van der Waals surface area contributed by atoms with E-state index in [0.717, 1.165) is 4.88 Å². The van der Waals surface area contributed by atoms with Crippen molar-refractivity contribution in [2.75, 3.05) is 20.2 Å². The van der Waals surface area contributed by atoms with Crippen LogP contribution in [-0.4, -0.2) is 42.1 Å². The van der Waals surface area contributed by atoms with Crippen molar-refractivity contribution in [2.24, 2.45) is 0 Å². The molecule has 0 radical (unpaired) electrons. The summed E-state index contributed by atoms with van der Waals surface area (Å²) in [6.45, 7) is 2.56. The molecule has 1 aromatic heterocycles. The molecule has 106 valence electrons. The van der Waals surface area contributed by atoms with Crippen LogP contribution in [0.2, 0.25) is 0 Å². The van der Waals surface area contributed by atoms with E-state index in [0.29, 0.717) is 24.4 Å². The fourth-order valence-corrected chi connectivity index (χ4v) is 3.26. The smallest absolute Gasteiger partial charge is 0.322 e. The molecule has 2 aliphatic rings. The summed E-state index contributed by atoms with van der Waals surface area (Å²) in [5, 5.41) is 6.12. The number of hydrogen-bond acceptors (Lipinski definition) is 4. The number of thiophene rings is 1. The summed E-state index contributed by atoms with van der Waals surface area (Å²) in [7, 11) is 1.66. The van der Waals surface area contributed by atoms with Crippen LogP contribution in [0.1, 0.15) is 17.8 Å². The number of hydrogen-bond donors (Lipinski definition) is 1. The van der Waals surface area contributed by atoms with Gasteiger partial charge in [-0.15, -0.1) is 11.3 Å². The lowest BCUT2D eigenvalue weighted by Crippen LogP contribution is -2.45. The van der Waals surface area contributed by atoms with Crippen LogP contribution >= 0.6 is 11.3 Å². The largest absolute Gasteiger partial charge is 0.326 e. The first kappa shape index (κ1) is 13.1. The van der Waals surface area contributed by atoms with Crippen molar-refractivity contribution in [3.05, 3.63) is 33.7 Å². The first-order chi connectivity index (χ1) is 9.63. The van der Waals surface area contributed by atoms with Gasteiger partial charge in [0.05, 0.1) is 30.5 Å². The van der Waals surface area contributed by atoms with Gasteiger partial charge in [0.25, 0.3) is 5.91 Å². The molecule has 0 aliphatic carbocycles. The standard InChI is InChI=1S/C13H15N3O3S/c1-3-19-16-7-8-10(12(16)17)11(9-5-4-6-20-9)14-13(18)15(8)2/h4-6,11H,3,7H2,1-2H3,(H,14,18). The lowest BCUT2D eigenvalue weighted by Gasteiger charge is -2.30. The van der Waals surface area contributed by atoms with Gasteiger partial charge in [-0.05, 0) is 18.4 Å². The summed E-state index contributed by atoms with van der Waals surface area (Å²) < 4.78 is 0. The van der Waals surface area contributed by atoms with E-state index in [1.807, 2.05) is 24.4 Å². The van der Waals surface area contributed by atoms with Gasteiger partial charge < -0.3 is 5.32 Å². The predicted octanol–water partition coefficient (Wildman–Crippen LogP) is 1.49. The van der Waals surface area contributed by atoms with Crippen LogP contribution in [0, 0.1) is 0 Å². The molecule has 3 heterocycles. The zero-order valence-corrected chi connectivity index (χ0v) is 12.1. The molecule has 1 N–H and O–H groups in total. The maximum atomic E-state index is 12.5. The van der Waals surface area contributed by atoms with Gasteiger partial charge in [-0.3, -0.25) is 14.5 Å². The van der Waals surface area contributed by atoms with E-state index < -0.39 is 0 Å². The summed E-state index contributed by atoms with van der Waals surface area (Å²) >= 11 is 1.52. The van der Waals surface area contributed by atoms with Crippen LogP contribution in [0.25, 0.3) is 0 Å². The Morgan fingerprint density at radius 2 is 2.30 bits per heavy atom. The van der Waals surface area contributed by atoms with Gasteiger partial charge in [0.15, 0.2) is 0 Å². The Kier molecular flexibility index (Phi) is 3.23. The second kappa shape index (κ2) is 4.92. The summed E-state index contributed by atoms with van der Waals surface area (Å²) in [5.41, 5.74) is 1.31. The maximum Gasteiger partial charge on any atom is 0.322 e. The van der Waals surface area contributed by atoms with Gasteiger partial charge in [0.1, 0.15) is 0 Å². The Hall–Kier alpha value is -1.86. The van der Waals surface area contributed by atoms with Gasteiger partial charge in [-0.2, -0.15) is 0 Å². The second-order valence-corrected chi connectivity index (χ2v) is 5.56. The highest BCUT2D eigenvalue weighted by Gasteiger charge is 2.43. The van der Waals surface area contributed by atoms with E-state index in [1.165, 1.54) is 21.3 Å². The molecule has 0 spiro atoms. The number of carbonyl (C=O) groups excluding carboxylic acids is 2. The Morgan fingerprint density at radius 1 is 1.50 bits per heavy atom. The van der Waals surface area contributed by atoms with Crippen LogP contribution in [0.4, 0.5) is 4.79 Å². The molecular weight excluding hydrogens is 278 g/mol. The van der Waals surface area contributed by atoms with Crippen molar-refractivity contribution in [2.45, 2.75) is 13.0 Å². The van der Waals surface area contributed by atoms with Crippen LogP contribution in [0.5, 0.6) is 0 Å². The van der Waals surface area contributed by atoms with E-state index in [-0.39, 0.29) is 18.0 Å². The van der Waals surface area contributed by atoms with Gasteiger partial charge in [0, 0.05) is 11.9 Å². The van der Waals surface area contributed by atoms with Gasteiger partial charge in [0.2, 0.25) is 0 Å². The molecule has 1 aromatic rings. The number of nitrogens with one attached hydrogen (secondary N) is 1. The predicted molar refractivity (Wildman–Crippen MR) is 73.7 cm³/mol. The van der Waals surface area contributed by atoms with Gasteiger partial charge in [-0.25, -0.2) is 9.86 Å². The number of rotatable bonds is 3. The van der Waals surface area contributed by atoms with Crippen LogP contribution in [0.3, 0.4) is 0 Å². The molecule has 0 saturated carbocycles. The number of likely N-dealkylation sites (N-methyl/N-ethyl adjacent to an activating group) is 1. The minimum absolute atomic E-state index is 0.174. The summed E-state index contributed by atoms with van der Waals surface area (Å²) in [4.78, 5) is 32.3. The Morgan fingerprint density at radius 3 is 2.95 bits per heavy atom. The molecule has 0 fully saturated rings. The number of amides is 3. The van der Waals surface area contributed by atoms with Crippen molar-refractivity contribution in [1.82, 2.24) is 15.3 Å². The third-order valence-corrected chi connectivity index (χ3v) is 4.38. The van der Waals surface area contributed by atoms with Gasteiger partial charge in [-0.1, -0.05) is 6.07 Å². The van der Waals surface area contributed by atoms with E-state index in [9.17, 15) is 9.59 Å². The number of urea groups is 1. The summed E-state index contributed by atoms with van der Waals surface area (Å²) in [5.74, 6) is -0.174. The molecule has 6 nitrogen and oxygen atoms in total. The molecule has 3 rings (SSSR count). The zero-order valence-electron chi connectivity index (χ0n) is 11.3. The van der Waals surface area contributed by atoms with Crippen LogP contribution < -0.4 is 5.32 Å². The van der Waals surface area contributed by atoms with Crippen LogP contribution in [-0.2, 0) is 9.63 Å². The van der Waals surface area contributed by atoms with Crippen molar-refractivity contribution >= 4 is 23.3 Å². The second-order valence-electron chi connectivity index (χ2n) is 4.58. The quantitative estimate of drug-likeness (QED) is 0.918. The molecule has 0 aromatic carbocycles. The fourth-order valence-electron chi connectivity index (χ4n) is 2.47. The lowest BCUT2D eigenvalue weighted by atomic mass is 10.0. The third-order valence-electron chi connectivity index (χ3n) is 3.44. The van der Waals surface area contributed by atoms with Crippen molar-refractivity contribution in [3.8, 4) is 0 Å². The average Bonchev–Trinajstić information content (AvgIpc) is 3.05. The minimum Gasteiger partial charge on any atom is -0.326 e. The monoisotopic (exact) mass is 293 g/mol. The third kappa shape index (κ3) is 1.90. The molecule has 1 unspecified atom stereocenters. The summed E-state index contributed by atoms with van der Waals surface area (Å²) in [6, 6.07) is 3.24. The van der Waals surface area contributed by atoms with Crippen LogP contribution in [0.15, 0.2) is 28.8 Å². The van der Waals surface area contributed by atoms with Gasteiger partial charge >= 0.3 is 6.03 Å². The Bertz CT molecular complexity index is 582. The topological polar surface area (TPSA) is 61.9 Å². The SMILES string of the molecule is CCON1CC2=C(C1=O)C(c1cccs1)NC(=O)N2C. The molecule has 0 bridgehead atoms. The molecular formula is C13H15N3O3S. The highest BCUT2D eigenvalue weighted by atomic mass is 32.1. The maximum absolute atomic E-state index is 12.5. The molecule has 7 heteroatoms. The molecule has 20 heavy (non-hydrogen) atoms. The Labute approximate surface area is 120 Å². The van der Waals surface area contributed by atoms with E-state index in [2.05, 4.69) is 5.32 Å². The average molecular weight is 293 g/mol. The van der Waals surface area contributed by atoms with E-state index in [1.54, 1.807) is 7.05 Å². The first-order valence-electron chi connectivity index (χ1n) is 6.39. The molecule has 0 saturated heterocycles. The normalized spacial score (nSPS) is 22.4. The van der Waals surface area contributed by atoms with E-state index in [4.69, 9.17) is 4.84 Å². The fraction of sp³-hybridized carbons (Fsp3) is 0.385. The molecule has 2 aliphatic heterocycles. The lowest BCUT2D eigenvalue weighted by molar-refractivity contribution is -0.174. The highest BCUT2D eigenvalue weighted by Crippen LogP contribution is 2.37.